The highest BCUT2D eigenvalue weighted by molar-refractivity contribution is 4.92. The molecule has 1 N–H and O–H groups in total. The zero-order valence-corrected chi connectivity index (χ0v) is 7.40. The van der Waals surface area contributed by atoms with E-state index in [-0.39, 0.29) is 12.2 Å². The molecule has 0 amide bonds. The van der Waals surface area contributed by atoms with Gasteiger partial charge in [-0.25, -0.2) is 0 Å². The Morgan fingerprint density at radius 2 is 2.50 bits per heavy atom. The Balaban J connectivity index is 2.21. The van der Waals surface area contributed by atoms with Crippen molar-refractivity contribution in [2.45, 2.75) is 38.3 Å². The van der Waals surface area contributed by atoms with Gasteiger partial charge in [-0.15, -0.1) is 6.58 Å². The Kier molecular flexibility index (Phi) is 3.72. The molecule has 0 aromatic heterocycles. The van der Waals surface area contributed by atoms with Crippen LogP contribution in [0.5, 0.6) is 0 Å². The molecule has 0 aromatic rings. The summed E-state index contributed by atoms with van der Waals surface area (Å²) < 4.78 is 10.3. The molecule has 70 valence electrons. The van der Waals surface area contributed by atoms with Gasteiger partial charge in [-0.2, -0.15) is 0 Å². The lowest BCUT2D eigenvalue weighted by molar-refractivity contribution is -0.130. The second-order valence-corrected chi connectivity index (χ2v) is 2.95. The number of rotatable bonds is 6. The van der Waals surface area contributed by atoms with Crippen molar-refractivity contribution < 1.29 is 14.6 Å². The molecule has 1 heterocycles. The van der Waals surface area contributed by atoms with E-state index in [1.807, 2.05) is 6.92 Å². The van der Waals surface area contributed by atoms with E-state index >= 15 is 0 Å². The molecule has 0 spiro atoms. The van der Waals surface area contributed by atoms with E-state index in [1.165, 1.54) is 0 Å². The van der Waals surface area contributed by atoms with Crippen LogP contribution in [0.15, 0.2) is 12.7 Å². The molecular weight excluding hydrogens is 156 g/mol. The first-order chi connectivity index (χ1) is 5.77. The predicted molar refractivity (Wildman–Crippen MR) is 45.7 cm³/mol. The summed E-state index contributed by atoms with van der Waals surface area (Å²) in [4.78, 5) is 0. The van der Waals surface area contributed by atoms with Crippen LogP contribution in [0, 0.1) is 0 Å². The number of aliphatic hydroxyl groups excluding tert-OH is 1. The summed E-state index contributed by atoms with van der Waals surface area (Å²) in [6, 6.07) is 0. The van der Waals surface area contributed by atoms with Gasteiger partial charge in [0, 0.05) is 0 Å². The Labute approximate surface area is 73.0 Å². The normalized spacial score (nSPS) is 26.3. The van der Waals surface area contributed by atoms with E-state index in [4.69, 9.17) is 9.47 Å². The molecule has 1 aliphatic heterocycles. The number of aliphatic hydroxyl groups is 1. The van der Waals surface area contributed by atoms with Crippen LogP contribution in [0.3, 0.4) is 0 Å². The van der Waals surface area contributed by atoms with Crippen LogP contribution >= 0.6 is 0 Å². The second kappa shape index (κ2) is 4.60. The maximum absolute atomic E-state index is 9.30. The lowest BCUT2D eigenvalue weighted by atomic mass is 10.2. The Bertz CT molecular complexity index is 143. The van der Waals surface area contributed by atoms with E-state index in [0.29, 0.717) is 6.42 Å². The van der Waals surface area contributed by atoms with Crippen molar-refractivity contribution in [2.24, 2.45) is 0 Å². The summed E-state index contributed by atoms with van der Waals surface area (Å²) in [6.45, 7) is 6.34. The fourth-order valence-electron chi connectivity index (χ4n) is 1.04. The number of ether oxygens (including phenoxy) is 2. The Morgan fingerprint density at radius 3 is 2.92 bits per heavy atom. The maximum atomic E-state index is 9.30. The Morgan fingerprint density at radius 1 is 1.83 bits per heavy atom. The minimum atomic E-state index is -0.679. The van der Waals surface area contributed by atoms with Crippen LogP contribution in [0.1, 0.15) is 19.8 Å². The zero-order valence-electron chi connectivity index (χ0n) is 7.40. The van der Waals surface area contributed by atoms with Gasteiger partial charge >= 0.3 is 0 Å². The summed E-state index contributed by atoms with van der Waals surface area (Å²) in [5.41, 5.74) is 0. The van der Waals surface area contributed by atoms with Crippen LogP contribution in [0.2, 0.25) is 0 Å². The predicted octanol–water partition coefficient (Wildman–Crippen LogP) is 1.07. The molecule has 1 rings (SSSR count). The molecular formula is C9H16O3. The molecule has 0 radical (unpaired) electrons. The summed E-state index contributed by atoms with van der Waals surface area (Å²) in [7, 11) is 0. The lowest BCUT2D eigenvalue weighted by Gasteiger charge is -2.16. The first-order valence-corrected chi connectivity index (χ1v) is 4.35. The average molecular weight is 172 g/mol. The third-order valence-electron chi connectivity index (χ3n) is 1.81. The van der Waals surface area contributed by atoms with E-state index in [1.54, 1.807) is 6.08 Å². The van der Waals surface area contributed by atoms with E-state index in [9.17, 15) is 5.11 Å². The van der Waals surface area contributed by atoms with Crippen LogP contribution in [0.25, 0.3) is 0 Å². The fraction of sp³-hybridized carbons (Fsp3) is 0.778. The second-order valence-electron chi connectivity index (χ2n) is 2.95. The summed E-state index contributed by atoms with van der Waals surface area (Å²) in [5, 5.41) is 9.30. The summed E-state index contributed by atoms with van der Waals surface area (Å²) in [6.07, 6.45) is 2.55. The van der Waals surface area contributed by atoms with E-state index in [0.717, 1.165) is 13.0 Å². The molecule has 0 aromatic carbocycles. The smallest absolute Gasteiger partial charge is 0.155 e. The van der Waals surface area contributed by atoms with Crippen molar-refractivity contribution in [1.29, 1.82) is 0 Å². The number of hydrogen-bond acceptors (Lipinski definition) is 3. The van der Waals surface area contributed by atoms with Crippen LogP contribution in [-0.4, -0.2) is 30.2 Å². The minimum absolute atomic E-state index is 0.119. The molecule has 0 aliphatic carbocycles. The zero-order chi connectivity index (χ0) is 8.97. The van der Waals surface area contributed by atoms with Crippen molar-refractivity contribution in [1.82, 2.24) is 0 Å². The van der Waals surface area contributed by atoms with Gasteiger partial charge in [0.15, 0.2) is 6.29 Å². The third-order valence-corrected chi connectivity index (χ3v) is 1.81. The molecule has 1 fully saturated rings. The maximum Gasteiger partial charge on any atom is 0.155 e. The van der Waals surface area contributed by atoms with Gasteiger partial charge < -0.3 is 14.6 Å². The van der Waals surface area contributed by atoms with Crippen LogP contribution < -0.4 is 0 Å². The quantitative estimate of drug-likeness (QED) is 0.370. The molecule has 3 atom stereocenters. The lowest BCUT2D eigenvalue weighted by Crippen LogP contribution is -2.24. The van der Waals surface area contributed by atoms with Gasteiger partial charge in [0.1, 0.15) is 12.2 Å². The van der Waals surface area contributed by atoms with Crippen molar-refractivity contribution in [2.75, 3.05) is 6.61 Å². The molecule has 3 heteroatoms. The fourth-order valence-corrected chi connectivity index (χ4v) is 1.04. The van der Waals surface area contributed by atoms with Crippen LogP contribution in [0.4, 0.5) is 0 Å². The molecule has 1 saturated heterocycles. The highest BCUT2D eigenvalue weighted by atomic mass is 16.6. The standard InChI is InChI=1S/C9H16O3/c1-3-5-9(10)12-7(4-2)8-6-11-8/h4,7-10H,2-3,5-6H2,1H3. The van der Waals surface area contributed by atoms with Gasteiger partial charge in [0.25, 0.3) is 0 Å². The largest absolute Gasteiger partial charge is 0.370 e. The molecule has 0 saturated carbocycles. The molecule has 12 heavy (non-hydrogen) atoms. The summed E-state index contributed by atoms with van der Waals surface area (Å²) >= 11 is 0. The van der Waals surface area contributed by atoms with Gasteiger partial charge in [0.05, 0.1) is 6.61 Å². The average Bonchev–Trinajstić information content (AvgIpc) is 2.83. The number of epoxide rings is 1. The summed E-state index contributed by atoms with van der Waals surface area (Å²) in [5.74, 6) is 0. The van der Waals surface area contributed by atoms with Crippen molar-refractivity contribution in [3.8, 4) is 0 Å². The third kappa shape index (κ3) is 2.93. The first-order valence-electron chi connectivity index (χ1n) is 4.35. The molecule has 0 bridgehead atoms. The minimum Gasteiger partial charge on any atom is -0.370 e. The van der Waals surface area contributed by atoms with Gasteiger partial charge in [-0.1, -0.05) is 19.4 Å². The Hall–Kier alpha value is -0.380. The monoisotopic (exact) mass is 172 g/mol. The van der Waals surface area contributed by atoms with E-state index in [2.05, 4.69) is 6.58 Å². The number of hydrogen-bond donors (Lipinski definition) is 1. The van der Waals surface area contributed by atoms with Crippen LogP contribution in [-0.2, 0) is 9.47 Å². The highest BCUT2D eigenvalue weighted by Gasteiger charge is 2.32. The molecule has 1 aliphatic rings. The van der Waals surface area contributed by atoms with Crippen molar-refractivity contribution in [3.05, 3.63) is 12.7 Å². The topological polar surface area (TPSA) is 42.0 Å². The highest BCUT2D eigenvalue weighted by Crippen LogP contribution is 2.19. The first kappa shape index (κ1) is 9.71. The molecule has 3 unspecified atom stereocenters. The molecule has 3 nitrogen and oxygen atoms in total. The van der Waals surface area contributed by atoms with Crippen molar-refractivity contribution >= 4 is 0 Å². The van der Waals surface area contributed by atoms with Gasteiger partial charge in [0.2, 0.25) is 0 Å². The SMILES string of the molecule is C=CC(OC(O)CCC)C1CO1. The van der Waals surface area contributed by atoms with Gasteiger partial charge in [-0.05, 0) is 6.42 Å². The van der Waals surface area contributed by atoms with Crippen molar-refractivity contribution in [3.63, 3.8) is 0 Å². The van der Waals surface area contributed by atoms with Gasteiger partial charge in [-0.3, -0.25) is 0 Å². The van der Waals surface area contributed by atoms with E-state index < -0.39 is 6.29 Å².